The number of aliphatic hydroxyl groups excluding tert-OH is 1. The molecule has 0 aromatic heterocycles. The van der Waals surface area contributed by atoms with E-state index in [2.05, 4.69) is 13.5 Å². The number of hydrogen-bond acceptors (Lipinski definition) is 3. The molecule has 0 heterocycles. The van der Waals surface area contributed by atoms with E-state index in [1.807, 2.05) is 0 Å². The lowest BCUT2D eigenvalue weighted by Crippen LogP contribution is -2.05. The van der Waals surface area contributed by atoms with E-state index in [1.165, 1.54) is 51.4 Å². The Morgan fingerprint density at radius 2 is 1.19 bits per heavy atom. The van der Waals surface area contributed by atoms with Gasteiger partial charge in [-0.25, -0.2) is 4.79 Å². The number of unbranched alkanes of at least 4 members (excludes halogenated alkanes) is 10. The maximum absolute atomic E-state index is 10.3. The van der Waals surface area contributed by atoms with Crippen LogP contribution in [0, 0.1) is 0 Å². The highest BCUT2D eigenvalue weighted by Crippen LogP contribution is 2.14. The summed E-state index contributed by atoms with van der Waals surface area (Å²) in [7, 11) is 0. The summed E-state index contributed by atoms with van der Waals surface area (Å²) in [6.07, 6.45) is 17.1. The van der Waals surface area contributed by atoms with Crippen molar-refractivity contribution in [3.8, 4) is 0 Å². The molecule has 3 N–H and O–H groups in total. The molecule has 0 saturated heterocycles. The second kappa shape index (κ2) is 21.7. The molecule has 0 aliphatic carbocycles. The Kier molecular flexibility index (Phi) is 22.4. The Hall–Kier alpha value is -1.36. The number of carboxylic acid groups (broad SMARTS) is 2. The van der Waals surface area contributed by atoms with Gasteiger partial charge in [0.05, 0.1) is 6.10 Å². The summed E-state index contributed by atoms with van der Waals surface area (Å²) in [4.78, 5) is 19.6. The summed E-state index contributed by atoms with van der Waals surface area (Å²) >= 11 is 0. The maximum Gasteiger partial charge on any atom is 0.327 e. The number of carboxylic acids is 2. The Balaban J connectivity index is 0. The fraction of sp³-hybridized carbons (Fsp3) is 0.810. The van der Waals surface area contributed by atoms with Crippen molar-refractivity contribution in [2.75, 3.05) is 0 Å². The van der Waals surface area contributed by atoms with Crippen molar-refractivity contribution in [1.29, 1.82) is 0 Å². The summed E-state index contributed by atoms with van der Waals surface area (Å²) in [5.74, 6) is -1.66. The fourth-order valence-electron chi connectivity index (χ4n) is 2.67. The van der Waals surface area contributed by atoms with Crippen molar-refractivity contribution in [3.63, 3.8) is 0 Å². The van der Waals surface area contributed by atoms with Gasteiger partial charge in [-0.2, -0.15) is 0 Å². The molecule has 0 spiro atoms. The summed E-state index contributed by atoms with van der Waals surface area (Å²) in [5.41, 5.74) is 0. The van der Waals surface area contributed by atoms with Crippen LogP contribution in [0.25, 0.3) is 0 Å². The van der Waals surface area contributed by atoms with Gasteiger partial charge in [-0.15, -0.1) is 0 Å². The van der Waals surface area contributed by atoms with Gasteiger partial charge in [0.1, 0.15) is 0 Å². The fourth-order valence-corrected chi connectivity index (χ4v) is 2.67. The van der Waals surface area contributed by atoms with Crippen molar-refractivity contribution >= 4 is 11.9 Å². The van der Waals surface area contributed by atoms with Gasteiger partial charge in [-0.3, -0.25) is 4.79 Å². The lowest BCUT2D eigenvalue weighted by atomic mass is 10.0. The summed E-state index contributed by atoms with van der Waals surface area (Å²) < 4.78 is 0. The highest BCUT2D eigenvalue weighted by atomic mass is 16.4. The molecule has 1 unspecified atom stereocenters. The van der Waals surface area contributed by atoms with Crippen LogP contribution < -0.4 is 0 Å². The summed E-state index contributed by atoms with van der Waals surface area (Å²) in [6, 6.07) is 0. The van der Waals surface area contributed by atoms with Gasteiger partial charge in [0, 0.05) is 12.5 Å². The van der Waals surface area contributed by atoms with E-state index in [1.54, 1.807) is 0 Å². The van der Waals surface area contributed by atoms with Crippen LogP contribution in [-0.4, -0.2) is 33.4 Å². The third kappa shape index (κ3) is 27.5. The molecule has 0 radical (unpaired) electrons. The summed E-state index contributed by atoms with van der Waals surface area (Å²) in [5, 5.41) is 26.0. The molecular formula is C21H40O5. The predicted octanol–water partition coefficient (Wildman–Crippen LogP) is 5.56. The highest BCUT2D eigenvalue weighted by Gasteiger charge is 2.03. The van der Waals surface area contributed by atoms with Crippen LogP contribution in [-0.2, 0) is 9.59 Å². The largest absolute Gasteiger partial charge is 0.481 e. The quantitative estimate of drug-likeness (QED) is 0.229. The topological polar surface area (TPSA) is 94.8 Å². The van der Waals surface area contributed by atoms with Gasteiger partial charge in [0.25, 0.3) is 0 Å². The first-order valence-corrected chi connectivity index (χ1v) is 10.2. The average Bonchev–Trinajstić information content (AvgIpc) is 2.60. The Morgan fingerprint density at radius 1 is 0.808 bits per heavy atom. The van der Waals surface area contributed by atoms with E-state index in [9.17, 15) is 14.7 Å². The molecule has 26 heavy (non-hydrogen) atoms. The standard InChI is InChI=1S/C18H36O3.C3H4O2/c1-2-3-4-11-14-17(19)15-12-9-7-5-6-8-10-13-16-18(20)21;1-2-3(4)5/h17,19H,2-16H2,1H3,(H,20,21);2H,1H2,(H,4,5). The van der Waals surface area contributed by atoms with Gasteiger partial charge in [-0.1, -0.05) is 84.1 Å². The molecule has 1 atom stereocenters. The molecule has 0 amide bonds. The number of hydrogen-bond donors (Lipinski definition) is 3. The van der Waals surface area contributed by atoms with E-state index >= 15 is 0 Å². The van der Waals surface area contributed by atoms with Crippen molar-refractivity contribution in [2.24, 2.45) is 0 Å². The van der Waals surface area contributed by atoms with Gasteiger partial charge in [-0.05, 0) is 19.3 Å². The van der Waals surface area contributed by atoms with Crippen molar-refractivity contribution < 1.29 is 24.9 Å². The minimum Gasteiger partial charge on any atom is -0.481 e. The first-order valence-electron chi connectivity index (χ1n) is 10.2. The normalized spacial score (nSPS) is 11.3. The van der Waals surface area contributed by atoms with Crippen LogP contribution in [0.4, 0.5) is 0 Å². The van der Waals surface area contributed by atoms with Crippen LogP contribution >= 0.6 is 0 Å². The second-order valence-electron chi connectivity index (χ2n) is 6.81. The van der Waals surface area contributed by atoms with Crippen LogP contribution in [0.15, 0.2) is 12.7 Å². The number of rotatable bonds is 17. The molecule has 0 aromatic carbocycles. The van der Waals surface area contributed by atoms with Gasteiger partial charge in [0.2, 0.25) is 0 Å². The second-order valence-corrected chi connectivity index (χ2v) is 6.81. The highest BCUT2D eigenvalue weighted by molar-refractivity contribution is 5.78. The third-order valence-corrected chi connectivity index (χ3v) is 4.24. The Morgan fingerprint density at radius 3 is 1.58 bits per heavy atom. The zero-order chi connectivity index (χ0) is 20.0. The molecule has 5 heteroatoms. The number of aliphatic carboxylic acids is 2. The lowest BCUT2D eigenvalue weighted by Gasteiger charge is -2.10. The summed E-state index contributed by atoms with van der Waals surface area (Å²) in [6.45, 7) is 5.17. The minimum atomic E-state index is -0.981. The SMILES string of the molecule is C=CC(=O)O.CCCCCCC(O)CCCCCCCCCCC(=O)O. The molecule has 0 aliphatic rings. The van der Waals surface area contributed by atoms with E-state index in [-0.39, 0.29) is 6.10 Å². The molecule has 0 bridgehead atoms. The number of carbonyl (C=O) groups is 2. The van der Waals surface area contributed by atoms with Crippen LogP contribution in [0.3, 0.4) is 0 Å². The molecule has 5 nitrogen and oxygen atoms in total. The van der Waals surface area contributed by atoms with E-state index in [4.69, 9.17) is 10.2 Å². The van der Waals surface area contributed by atoms with Gasteiger partial charge >= 0.3 is 11.9 Å². The zero-order valence-corrected chi connectivity index (χ0v) is 16.6. The predicted molar refractivity (Wildman–Crippen MR) is 106 cm³/mol. The molecule has 0 rings (SSSR count). The first-order chi connectivity index (χ1) is 12.4. The van der Waals surface area contributed by atoms with E-state index in [0.29, 0.717) is 6.42 Å². The monoisotopic (exact) mass is 372 g/mol. The first kappa shape index (κ1) is 26.9. The van der Waals surface area contributed by atoms with Crippen LogP contribution in [0.2, 0.25) is 0 Å². The molecule has 154 valence electrons. The van der Waals surface area contributed by atoms with Crippen molar-refractivity contribution in [3.05, 3.63) is 12.7 Å². The lowest BCUT2D eigenvalue weighted by molar-refractivity contribution is -0.137. The smallest absolute Gasteiger partial charge is 0.327 e. The van der Waals surface area contributed by atoms with E-state index in [0.717, 1.165) is 44.6 Å². The van der Waals surface area contributed by atoms with Gasteiger partial charge in [0.15, 0.2) is 0 Å². The zero-order valence-electron chi connectivity index (χ0n) is 16.6. The molecular weight excluding hydrogens is 332 g/mol. The molecule has 0 saturated carbocycles. The maximum atomic E-state index is 10.3. The van der Waals surface area contributed by atoms with E-state index < -0.39 is 11.9 Å². The van der Waals surface area contributed by atoms with Crippen LogP contribution in [0.1, 0.15) is 103 Å². The number of aliphatic hydroxyl groups is 1. The molecule has 0 fully saturated rings. The molecule has 0 aliphatic heterocycles. The third-order valence-electron chi connectivity index (χ3n) is 4.24. The molecule has 0 aromatic rings. The van der Waals surface area contributed by atoms with Crippen LogP contribution in [0.5, 0.6) is 0 Å². The van der Waals surface area contributed by atoms with Gasteiger partial charge < -0.3 is 15.3 Å². The Bertz CT molecular complexity index is 341. The average molecular weight is 373 g/mol. The minimum absolute atomic E-state index is 0.0853. The van der Waals surface area contributed by atoms with Crippen molar-refractivity contribution in [1.82, 2.24) is 0 Å². The van der Waals surface area contributed by atoms with Crippen molar-refractivity contribution in [2.45, 2.75) is 109 Å². The Labute approximate surface area is 159 Å².